The Bertz CT molecular complexity index is 1510. The highest BCUT2D eigenvalue weighted by molar-refractivity contribution is 7.47. The fourth-order valence-electron chi connectivity index (χ4n) is 12.1. The molecule has 3 N–H and O–H groups in total. The number of rotatable bonds is 73. The molecule has 0 rings (SSSR count). The molecule has 0 radical (unpaired) electrons. The van der Waals surface area contributed by atoms with Gasteiger partial charge in [-0.05, 0) is 51.4 Å². The summed E-state index contributed by atoms with van der Waals surface area (Å²) < 4.78 is 24.0. The first-order valence-electron chi connectivity index (χ1n) is 38.9. The van der Waals surface area contributed by atoms with Crippen LogP contribution in [0.5, 0.6) is 0 Å². The summed E-state index contributed by atoms with van der Waals surface area (Å²) in [5.74, 6) is -0.135. The number of aliphatic hydroxyl groups excluding tert-OH is 1. The zero-order valence-electron chi connectivity index (χ0n) is 59.3. The van der Waals surface area contributed by atoms with Gasteiger partial charge in [-0.25, -0.2) is 4.57 Å². The van der Waals surface area contributed by atoms with Gasteiger partial charge in [0.2, 0.25) is 5.91 Å². The molecule has 3 unspecified atom stereocenters. The van der Waals surface area contributed by atoms with Gasteiger partial charge in [-0.2, -0.15) is 0 Å². The van der Waals surface area contributed by atoms with Crippen molar-refractivity contribution in [1.82, 2.24) is 5.32 Å². The van der Waals surface area contributed by atoms with Gasteiger partial charge < -0.3 is 19.8 Å². The van der Waals surface area contributed by atoms with Gasteiger partial charge in [0.25, 0.3) is 0 Å². The van der Waals surface area contributed by atoms with Crippen LogP contribution in [0.15, 0.2) is 36.5 Å². The summed E-state index contributed by atoms with van der Waals surface area (Å²) in [7, 11) is 1.64. The Balaban J connectivity index is 3.94. The van der Waals surface area contributed by atoms with Crippen molar-refractivity contribution >= 4 is 13.7 Å². The maximum Gasteiger partial charge on any atom is 0.472 e. The van der Waals surface area contributed by atoms with Gasteiger partial charge in [0.05, 0.1) is 39.9 Å². The molecule has 87 heavy (non-hydrogen) atoms. The van der Waals surface area contributed by atoms with Crippen molar-refractivity contribution < 1.29 is 32.9 Å². The summed E-state index contributed by atoms with van der Waals surface area (Å²) in [6.07, 6.45) is 92.8. The molecule has 0 aromatic heterocycles. The minimum Gasteiger partial charge on any atom is -0.391 e. The van der Waals surface area contributed by atoms with Crippen molar-refractivity contribution in [2.75, 3.05) is 40.9 Å². The number of hydrogen-bond acceptors (Lipinski definition) is 5. The maximum atomic E-state index is 13.1. The molecule has 8 nitrogen and oxygen atoms in total. The van der Waals surface area contributed by atoms with Gasteiger partial charge >= 0.3 is 7.82 Å². The molecule has 0 spiro atoms. The van der Waals surface area contributed by atoms with E-state index in [0.29, 0.717) is 23.9 Å². The molecular formula is C78H154N2O6P+. The van der Waals surface area contributed by atoms with Gasteiger partial charge in [0.1, 0.15) is 13.2 Å². The topological polar surface area (TPSA) is 105 Å². The Morgan fingerprint density at radius 3 is 0.954 bits per heavy atom. The molecule has 0 aromatic carbocycles. The summed E-state index contributed by atoms with van der Waals surface area (Å²) >= 11 is 0. The van der Waals surface area contributed by atoms with Crippen LogP contribution in [0, 0.1) is 0 Å². The van der Waals surface area contributed by atoms with Gasteiger partial charge in [-0.1, -0.05) is 384 Å². The first kappa shape index (κ1) is 85.7. The van der Waals surface area contributed by atoms with E-state index in [1.807, 2.05) is 21.1 Å². The molecule has 1 amide bonds. The van der Waals surface area contributed by atoms with Crippen LogP contribution in [0.2, 0.25) is 0 Å². The molecule has 516 valence electrons. The third-order valence-corrected chi connectivity index (χ3v) is 19.1. The molecule has 3 atom stereocenters. The van der Waals surface area contributed by atoms with Crippen LogP contribution in [-0.2, 0) is 18.4 Å². The molecule has 0 aliphatic rings. The summed E-state index contributed by atoms with van der Waals surface area (Å²) in [6, 6.07) is -0.761. The Morgan fingerprint density at radius 2 is 0.655 bits per heavy atom. The van der Waals surface area contributed by atoms with E-state index in [9.17, 15) is 19.4 Å². The lowest BCUT2D eigenvalue weighted by Crippen LogP contribution is -2.46. The van der Waals surface area contributed by atoms with Gasteiger partial charge in [-0.15, -0.1) is 0 Å². The minimum atomic E-state index is -4.33. The number of phosphoric ester groups is 1. The van der Waals surface area contributed by atoms with Crippen LogP contribution < -0.4 is 5.32 Å². The Morgan fingerprint density at radius 1 is 0.391 bits per heavy atom. The molecule has 9 heteroatoms. The van der Waals surface area contributed by atoms with Crippen LogP contribution in [0.1, 0.15) is 406 Å². The zero-order valence-corrected chi connectivity index (χ0v) is 60.2. The maximum absolute atomic E-state index is 13.1. The fourth-order valence-corrected chi connectivity index (χ4v) is 12.9. The molecule has 0 heterocycles. The number of nitrogens with zero attached hydrogens (tertiary/aromatic N) is 1. The molecule has 0 bridgehead atoms. The quantitative estimate of drug-likeness (QED) is 0.0243. The molecule has 0 aliphatic carbocycles. The molecular weight excluding hydrogens is 1090 g/mol. The van der Waals surface area contributed by atoms with E-state index in [4.69, 9.17) is 9.05 Å². The number of likely N-dealkylation sites (N-methyl/N-ethyl adjacent to an activating group) is 1. The highest BCUT2D eigenvalue weighted by atomic mass is 31.2. The van der Waals surface area contributed by atoms with E-state index in [1.54, 1.807) is 0 Å². The van der Waals surface area contributed by atoms with Crippen molar-refractivity contribution in [2.24, 2.45) is 0 Å². The van der Waals surface area contributed by atoms with Crippen LogP contribution in [0.3, 0.4) is 0 Å². The van der Waals surface area contributed by atoms with Gasteiger partial charge in [0, 0.05) is 6.42 Å². The average molecular weight is 1250 g/mol. The van der Waals surface area contributed by atoms with E-state index in [2.05, 4.69) is 55.6 Å². The molecule has 0 aromatic rings. The number of nitrogens with one attached hydrogen (secondary N) is 1. The first-order valence-corrected chi connectivity index (χ1v) is 40.3. The molecule has 0 saturated carbocycles. The van der Waals surface area contributed by atoms with Crippen molar-refractivity contribution in [3.05, 3.63) is 36.5 Å². The lowest BCUT2D eigenvalue weighted by Gasteiger charge is -2.26. The van der Waals surface area contributed by atoms with E-state index < -0.39 is 20.0 Å². The fraction of sp³-hybridized carbons (Fsp3) is 0.910. The largest absolute Gasteiger partial charge is 0.472 e. The van der Waals surface area contributed by atoms with E-state index in [-0.39, 0.29) is 19.1 Å². The lowest BCUT2D eigenvalue weighted by molar-refractivity contribution is -0.870. The lowest BCUT2D eigenvalue weighted by atomic mass is 10.0. The van der Waals surface area contributed by atoms with E-state index in [1.165, 1.54) is 327 Å². The standard InChI is InChI=1S/C78H153N2O6P/c1-6-8-10-12-14-16-18-20-22-24-26-28-30-32-34-36-38-39-40-41-42-44-46-48-50-52-54-56-58-60-62-64-66-68-70-72-78(82)79-76(75-86-87(83,84)85-74-73-80(3,4)5)77(81)71-69-67-65-63-61-59-57-55-53-51-49-47-45-43-37-35-33-31-29-27-25-23-21-19-17-15-13-11-9-7-2/h18,20,24,26,30,32,76-77,81H,6-17,19,21-23,25,27-29,31,33-75H2,1-5H3,(H-,79,82,83,84)/p+1/b20-18-,26-24-,32-30-. The smallest absolute Gasteiger partial charge is 0.391 e. The molecule has 0 aliphatic heterocycles. The summed E-state index contributed by atoms with van der Waals surface area (Å²) in [6.45, 7) is 4.94. The van der Waals surface area contributed by atoms with E-state index >= 15 is 0 Å². The second-order valence-corrected chi connectivity index (χ2v) is 29.5. The predicted molar refractivity (Wildman–Crippen MR) is 383 cm³/mol. The number of aliphatic hydroxyl groups is 1. The van der Waals surface area contributed by atoms with Crippen LogP contribution in [-0.4, -0.2) is 73.4 Å². The third-order valence-electron chi connectivity index (χ3n) is 18.1. The van der Waals surface area contributed by atoms with Gasteiger partial charge in [0.15, 0.2) is 0 Å². The summed E-state index contributed by atoms with van der Waals surface area (Å²) in [5, 5.41) is 14.2. The van der Waals surface area contributed by atoms with Gasteiger partial charge in [-0.3, -0.25) is 13.8 Å². The number of quaternary nitrogens is 1. The number of phosphoric acid groups is 1. The second kappa shape index (κ2) is 69.1. The Hall–Kier alpha value is -1.28. The molecule has 0 saturated heterocycles. The number of carbonyl (C=O) groups is 1. The number of unbranched alkanes of at least 4 members (excludes halogenated alkanes) is 54. The Labute approximate surface area is 544 Å². The average Bonchev–Trinajstić information content (AvgIpc) is 3.70. The minimum absolute atomic E-state index is 0.0771. The normalized spacial score (nSPS) is 13.7. The van der Waals surface area contributed by atoms with Crippen LogP contribution in [0.25, 0.3) is 0 Å². The van der Waals surface area contributed by atoms with Crippen molar-refractivity contribution in [3.63, 3.8) is 0 Å². The zero-order chi connectivity index (χ0) is 63.4. The number of hydrogen-bond donors (Lipinski definition) is 3. The van der Waals surface area contributed by atoms with Crippen molar-refractivity contribution in [2.45, 2.75) is 418 Å². The Kier molecular flexibility index (Phi) is 68.1. The van der Waals surface area contributed by atoms with Crippen LogP contribution >= 0.6 is 7.82 Å². The van der Waals surface area contributed by atoms with Crippen LogP contribution in [0.4, 0.5) is 0 Å². The van der Waals surface area contributed by atoms with E-state index in [0.717, 1.165) is 51.4 Å². The number of carbonyl (C=O) groups excluding carboxylic acids is 1. The highest BCUT2D eigenvalue weighted by Gasteiger charge is 2.28. The monoisotopic (exact) mass is 1250 g/mol. The predicted octanol–water partition coefficient (Wildman–Crippen LogP) is 25.2. The first-order chi connectivity index (χ1) is 42.5. The number of allylic oxidation sites excluding steroid dienone is 6. The number of amides is 1. The highest BCUT2D eigenvalue weighted by Crippen LogP contribution is 2.43. The van der Waals surface area contributed by atoms with Crippen molar-refractivity contribution in [1.29, 1.82) is 0 Å². The van der Waals surface area contributed by atoms with Crippen molar-refractivity contribution in [3.8, 4) is 0 Å². The summed E-state index contributed by atoms with van der Waals surface area (Å²) in [5.41, 5.74) is 0. The second-order valence-electron chi connectivity index (χ2n) is 28.1. The molecule has 0 fully saturated rings. The third kappa shape index (κ3) is 72.0. The summed E-state index contributed by atoms with van der Waals surface area (Å²) in [4.78, 5) is 23.5. The SMILES string of the molecule is CCCCCCC/C=C\C/C=C\C/C=C\CCCCCCCCCCCCCCCCCCCCCCC(=O)NC(COP(=O)(O)OCC[N+](C)(C)C)C(O)CCCCCCCCCCCCCCCCCCCCCCCCCCCCCCCC.